The Balaban J connectivity index is 1.94. The number of fused-ring (bicyclic) bond motifs is 1. The van der Waals surface area contributed by atoms with Gasteiger partial charge in [-0.1, -0.05) is 18.2 Å². The van der Waals surface area contributed by atoms with Crippen molar-refractivity contribution in [3.63, 3.8) is 0 Å². The number of likely N-dealkylation sites (tertiary alicyclic amines) is 1. The van der Waals surface area contributed by atoms with E-state index < -0.39 is 0 Å². The molecule has 4 nitrogen and oxygen atoms in total. The van der Waals surface area contributed by atoms with E-state index in [1.165, 1.54) is 5.39 Å². The van der Waals surface area contributed by atoms with Gasteiger partial charge >= 0.3 is 0 Å². The molecule has 0 bridgehead atoms. The quantitative estimate of drug-likeness (QED) is 0.807. The lowest BCUT2D eigenvalue weighted by molar-refractivity contribution is 0.283. The topological polar surface area (TPSA) is 44.9 Å². The number of nitrogens with zero attached hydrogens (tertiary/aromatic N) is 4. The number of rotatable bonds is 2. The van der Waals surface area contributed by atoms with Crippen LogP contribution < -0.4 is 0 Å². The molecule has 1 saturated heterocycles. The molecular formula is C14H16N4. The number of aryl methyl sites for hydroxylation is 1. The number of aromatic nitrogens is 2. The molecule has 1 aliphatic heterocycles. The van der Waals surface area contributed by atoms with E-state index in [9.17, 15) is 0 Å². The lowest BCUT2D eigenvalue weighted by Gasteiger charge is -2.17. The molecule has 92 valence electrons. The Hall–Kier alpha value is -1.86. The Morgan fingerprint density at radius 2 is 2.28 bits per heavy atom. The summed E-state index contributed by atoms with van der Waals surface area (Å²) in [5.74, 6) is 0. The second-order valence-electron chi connectivity index (χ2n) is 4.85. The standard InChI is InChI=1S/C14H16N4/c1-17-14-7-3-2-6-12(14)13(16-17)10-18-8-4-5-11(18)9-15/h2-3,6-7,11H,4-5,8,10H2,1H3. The highest BCUT2D eigenvalue weighted by Crippen LogP contribution is 2.23. The minimum Gasteiger partial charge on any atom is -0.282 e. The van der Waals surface area contributed by atoms with Crippen LogP contribution in [0.1, 0.15) is 18.5 Å². The Labute approximate surface area is 106 Å². The van der Waals surface area contributed by atoms with Gasteiger partial charge in [-0.2, -0.15) is 10.4 Å². The number of para-hydroxylation sites is 1. The lowest BCUT2D eigenvalue weighted by Crippen LogP contribution is -2.27. The lowest BCUT2D eigenvalue weighted by atomic mass is 10.2. The van der Waals surface area contributed by atoms with Crippen LogP contribution in [0.2, 0.25) is 0 Å². The van der Waals surface area contributed by atoms with Gasteiger partial charge in [-0.15, -0.1) is 0 Å². The summed E-state index contributed by atoms with van der Waals surface area (Å²) < 4.78 is 1.92. The van der Waals surface area contributed by atoms with Crippen LogP contribution >= 0.6 is 0 Å². The molecule has 0 N–H and O–H groups in total. The van der Waals surface area contributed by atoms with Crippen LogP contribution in [0.15, 0.2) is 24.3 Å². The molecule has 0 aliphatic carbocycles. The van der Waals surface area contributed by atoms with Crippen molar-refractivity contribution in [2.24, 2.45) is 7.05 Å². The summed E-state index contributed by atoms with van der Waals surface area (Å²) >= 11 is 0. The molecule has 0 saturated carbocycles. The van der Waals surface area contributed by atoms with Gasteiger partial charge in [-0.25, -0.2) is 0 Å². The molecule has 2 aromatic rings. The Morgan fingerprint density at radius 1 is 1.44 bits per heavy atom. The molecule has 0 amide bonds. The molecule has 1 aromatic carbocycles. The van der Waals surface area contributed by atoms with Crippen LogP contribution in [0.3, 0.4) is 0 Å². The second-order valence-corrected chi connectivity index (χ2v) is 4.85. The van der Waals surface area contributed by atoms with Crippen molar-refractivity contribution in [1.29, 1.82) is 5.26 Å². The van der Waals surface area contributed by atoms with E-state index in [0.29, 0.717) is 0 Å². The van der Waals surface area contributed by atoms with Crippen molar-refractivity contribution < 1.29 is 0 Å². The van der Waals surface area contributed by atoms with Crippen LogP contribution in [-0.4, -0.2) is 27.3 Å². The predicted molar refractivity (Wildman–Crippen MR) is 69.8 cm³/mol. The van der Waals surface area contributed by atoms with Gasteiger partial charge in [0.05, 0.1) is 23.3 Å². The maximum atomic E-state index is 9.12. The van der Waals surface area contributed by atoms with Crippen molar-refractivity contribution >= 4 is 10.9 Å². The Morgan fingerprint density at radius 3 is 3.11 bits per heavy atom. The number of hydrogen-bond donors (Lipinski definition) is 0. The second kappa shape index (κ2) is 4.43. The molecule has 0 spiro atoms. The third kappa shape index (κ3) is 1.77. The average Bonchev–Trinajstić information content (AvgIpc) is 2.96. The number of benzene rings is 1. The van der Waals surface area contributed by atoms with E-state index >= 15 is 0 Å². The largest absolute Gasteiger partial charge is 0.282 e. The molecule has 1 aromatic heterocycles. The van der Waals surface area contributed by atoms with Gasteiger partial charge < -0.3 is 0 Å². The highest BCUT2D eigenvalue weighted by Gasteiger charge is 2.25. The normalized spacial score (nSPS) is 20.3. The van der Waals surface area contributed by atoms with Gasteiger partial charge in [0.15, 0.2) is 0 Å². The molecule has 1 aliphatic rings. The third-order valence-electron chi connectivity index (χ3n) is 3.70. The molecule has 3 rings (SSSR count). The fraction of sp³-hybridized carbons (Fsp3) is 0.429. The minimum absolute atomic E-state index is 0.0609. The fourth-order valence-electron chi connectivity index (χ4n) is 2.76. The minimum atomic E-state index is 0.0609. The Bertz CT molecular complexity index is 608. The maximum absolute atomic E-state index is 9.12. The Kier molecular flexibility index (Phi) is 2.77. The molecule has 18 heavy (non-hydrogen) atoms. The van der Waals surface area contributed by atoms with Gasteiger partial charge in [0.1, 0.15) is 0 Å². The van der Waals surface area contributed by atoms with Crippen LogP contribution in [0.25, 0.3) is 10.9 Å². The summed E-state index contributed by atoms with van der Waals surface area (Å²) in [5.41, 5.74) is 2.23. The van der Waals surface area contributed by atoms with Crippen molar-refractivity contribution in [2.45, 2.75) is 25.4 Å². The molecule has 1 unspecified atom stereocenters. The van der Waals surface area contributed by atoms with E-state index in [-0.39, 0.29) is 6.04 Å². The summed E-state index contributed by atoms with van der Waals surface area (Å²) in [6, 6.07) is 10.7. The van der Waals surface area contributed by atoms with E-state index in [4.69, 9.17) is 5.26 Å². The van der Waals surface area contributed by atoms with Crippen molar-refractivity contribution in [1.82, 2.24) is 14.7 Å². The fourth-order valence-corrected chi connectivity index (χ4v) is 2.76. The summed E-state index contributed by atoms with van der Waals surface area (Å²) in [5, 5.41) is 14.9. The van der Waals surface area contributed by atoms with E-state index in [1.54, 1.807) is 0 Å². The van der Waals surface area contributed by atoms with E-state index in [0.717, 1.165) is 37.1 Å². The first-order valence-electron chi connectivity index (χ1n) is 6.34. The molecule has 4 heteroatoms. The van der Waals surface area contributed by atoms with Crippen molar-refractivity contribution in [3.05, 3.63) is 30.0 Å². The first kappa shape index (κ1) is 11.2. The highest BCUT2D eigenvalue weighted by molar-refractivity contribution is 5.81. The predicted octanol–water partition coefficient (Wildman–Crippen LogP) is 2.06. The number of hydrogen-bond acceptors (Lipinski definition) is 3. The van der Waals surface area contributed by atoms with Crippen LogP contribution in [0.4, 0.5) is 0 Å². The van der Waals surface area contributed by atoms with E-state index in [1.807, 2.05) is 23.9 Å². The van der Waals surface area contributed by atoms with Crippen LogP contribution in [0.5, 0.6) is 0 Å². The SMILES string of the molecule is Cn1nc(CN2CCCC2C#N)c2ccccc21. The molecule has 0 radical (unpaired) electrons. The molecule has 2 heterocycles. The zero-order chi connectivity index (χ0) is 12.5. The number of nitriles is 1. The summed E-state index contributed by atoms with van der Waals surface area (Å²) in [6.45, 7) is 1.78. The zero-order valence-electron chi connectivity index (χ0n) is 10.5. The van der Waals surface area contributed by atoms with E-state index in [2.05, 4.69) is 28.2 Å². The van der Waals surface area contributed by atoms with Gasteiger partial charge in [-0.05, 0) is 25.5 Å². The average molecular weight is 240 g/mol. The summed E-state index contributed by atoms with van der Waals surface area (Å²) in [4.78, 5) is 2.23. The smallest absolute Gasteiger partial charge is 0.0981 e. The van der Waals surface area contributed by atoms with Gasteiger partial charge in [0.25, 0.3) is 0 Å². The van der Waals surface area contributed by atoms with Gasteiger partial charge in [0, 0.05) is 19.0 Å². The van der Waals surface area contributed by atoms with Crippen LogP contribution in [-0.2, 0) is 13.6 Å². The van der Waals surface area contributed by atoms with Gasteiger partial charge in [0.2, 0.25) is 0 Å². The third-order valence-corrected chi connectivity index (χ3v) is 3.70. The molecule has 1 atom stereocenters. The van der Waals surface area contributed by atoms with Crippen molar-refractivity contribution in [3.8, 4) is 6.07 Å². The van der Waals surface area contributed by atoms with Crippen LogP contribution in [0, 0.1) is 11.3 Å². The molecular weight excluding hydrogens is 224 g/mol. The first-order chi connectivity index (χ1) is 8.79. The van der Waals surface area contributed by atoms with Gasteiger partial charge in [-0.3, -0.25) is 9.58 Å². The highest BCUT2D eigenvalue weighted by atomic mass is 15.3. The maximum Gasteiger partial charge on any atom is 0.0981 e. The summed E-state index contributed by atoms with van der Waals surface area (Å²) in [7, 11) is 1.97. The first-order valence-corrected chi connectivity index (χ1v) is 6.34. The zero-order valence-corrected chi connectivity index (χ0v) is 10.5. The monoisotopic (exact) mass is 240 g/mol. The van der Waals surface area contributed by atoms with Crippen molar-refractivity contribution in [2.75, 3.05) is 6.54 Å². The molecule has 1 fully saturated rings. The summed E-state index contributed by atoms with van der Waals surface area (Å²) in [6.07, 6.45) is 2.10.